The zero-order valence-corrected chi connectivity index (χ0v) is 13.7. The molecule has 0 atom stereocenters. The van der Waals surface area contributed by atoms with Crippen molar-refractivity contribution in [2.75, 3.05) is 6.61 Å². The van der Waals surface area contributed by atoms with Crippen molar-refractivity contribution in [3.63, 3.8) is 0 Å². The number of pyridine rings is 1. The number of fused-ring (bicyclic) bond motifs is 2. The number of hydrogen-bond donors (Lipinski definition) is 2. The molecule has 120 valence electrons. The molecule has 0 amide bonds. The van der Waals surface area contributed by atoms with Crippen LogP contribution < -0.4 is 5.73 Å². The van der Waals surface area contributed by atoms with Crippen LogP contribution in [0.1, 0.15) is 36.0 Å². The second-order valence-corrected chi connectivity index (χ2v) is 6.13. The van der Waals surface area contributed by atoms with Crippen LogP contribution in [0.4, 0.5) is 0 Å². The highest BCUT2D eigenvalue weighted by Crippen LogP contribution is 2.28. The standard InChI is InChI=1S/C20H24N2O/c1-14-17(8-3-2-6-10-23)16(13-21)12-20-18(14)11-15-7-4-5-9-19(15)22-20/h4-5,7,9,11-12,23H,2-3,6,8,10,13,21H2,1H3. The number of unbranched alkanes of at least 4 members (excludes halogenated alkanes) is 2. The first-order valence-corrected chi connectivity index (χ1v) is 8.36. The highest BCUT2D eigenvalue weighted by Gasteiger charge is 2.11. The van der Waals surface area contributed by atoms with Crippen LogP contribution in [-0.4, -0.2) is 16.7 Å². The Kier molecular flexibility index (Phi) is 4.89. The lowest BCUT2D eigenvalue weighted by Crippen LogP contribution is -2.05. The van der Waals surface area contributed by atoms with Gasteiger partial charge >= 0.3 is 0 Å². The van der Waals surface area contributed by atoms with Gasteiger partial charge in [0.1, 0.15) is 0 Å². The van der Waals surface area contributed by atoms with Crippen molar-refractivity contribution in [1.29, 1.82) is 0 Å². The molecule has 2 aromatic carbocycles. The molecule has 3 heteroatoms. The van der Waals surface area contributed by atoms with Crippen molar-refractivity contribution >= 4 is 21.8 Å². The summed E-state index contributed by atoms with van der Waals surface area (Å²) in [6.45, 7) is 3.00. The predicted molar refractivity (Wildman–Crippen MR) is 96.5 cm³/mol. The number of hydrogen-bond acceptors (Lipinski definition) is 3. The van der Waals surface area contributed by atoms with Crippen molar-refractivity contribution in [1.82, 2.24) is 4.98 Å². The summed E-state index contributed by atoms with van der Waals surface area (Å²) in [6.07, 6.45) is 4.02. The van der Waals surface area contributed by atoms with Gasteiger partial charge in [-0.2, -0.15) is 0 Å². The van der Waals surface area contributed by atoms with Gasteiger partial charge in [0.25, 0.3) is 0 Å². The van der Waals surface area contributed by atoms with Gasteiger partial charge in [-0.1, -0.05) is 24.6 Å². The largest absolute Gasteiger partial charge is 0.396 e. The fourth-order valence-electron chi connectivity index (χ4n) is 3.32. The van der Waals surface area contributed by atoms with E-state index in [0.29, 0.717) is 6.54 Å². The van der Waals surface area contributed by atoms with E-state index in [1.807, 2.05) is 6.07 Å². The molecular formula is C20H24N2O. The molecule has 0 fully saturated rings. The molecule has 3 nitrogen and oxygen atoms in total. The Balaban J connectivity index is 2.08. The number of aryl methyl sites for hydroxylation is 1. The molecular weight excluding hydrogens is 284 g/mol. The number of benzene rings is 2. The van der Waals surface area contributed by atoms with Crippen LogP contribution in [0.3, 0.4) is 0 Å². The molecule has 1 aromatic heterocycles. The Bertz CT molecular complexity index is 827. The SMILES string of the molecule is Cc1c(CCCCCO)c(CN)cc2nc3ccccc3cc12. The number of rotatable bonds is 6. The van der Waals surface area contributed by atoms with Gasteiger partial charge in [0.15, 0.2) is 0 Å². The molecule has 3 N–H and O–H groups in total. The van der Waals surface area contributed by atoms with Gasteiger partial charge in [0.05, 0.1) is 11.0 Å². The summed E-state index contributed by atoms with van der Waals surface area (Å²) in [5, 5.41) is 11.3. The van der Waals surface area contributed by atoms with Crippen LogP contribution in [0, 0.1) is 6.92 Å². The molecule has 0 saturated carbocycles. The summed E-state index contributed by atoms with van der Waals surface area (Å²) in [6, 6.07) is 12.6. The van der Waals surface area contributed by atoms with Crippen LogP contribution in [0.25, 0.3) is 21.8 Å². The molecule has 1 heterocycles. The molecule has 0 saturated heterocycles. The van der Waals surface area contributed by atoms with Crippen LogP contribution in [-0.2, 0) is 13.0 Å². The second-order valence-electron chi connectivity index (χ2n) is 6.13. The zero-order valence-electron chi connectivity index (χ0n) is 13.7. The molecule has 0 bridgehead atoms. The van der Waals surface area contributed by atoms with Crippen LogP contribution in [0.5, 0.6) is 0 Å². The summed E-state index contributed by atoms with van der Waals surface area (Å²) < 4.78 is 0. The molecule has 0 unspecified atom stereocenters. The maximum Gasteiger partial charge on any atom is 0.0715 e. The first-order chi connectivity index (χ1) is 11.2. The number of aliphatic hydroxyl groups is 1. The van der Waals surface area contributed by atoms with Crippen LogP contribution in [0.15, 0.2) is 36.4 Å². The lowest BCUT2D eigenvalue weighted by molar-refractivity contribution is 0.283. The predicted octanol–water partition coefficient (Wildman–Crippen LogP) is 3.86. The van der Waals surface area contributed by atoms with Gasteiger partial charge in [0, 0.05) is 23.9 Å². The Hall–Kier alpha value is -1.97. The first kappa shape index (κ1) is 15.9. The Morgan fingerprint density at radius 2 is 1.87 bits per heavy atom. The number of nitrogens with two attached hydrogens (primary N) is 1. The van der Waals surface area contributed by atoms with Gasteiger partial charge in [0.2, 0.25) is 0 Å². The summed E-state index contributed by atoms with van der Waals surface area (Å²) in [5.41, 5.74) is 11.9. The van der Waals surface area contributed by atoms with Crippen LogP contribution >= 0.6 is 0 Å². The van der Waals surface area contributed by atoms with E-state index in [2.05, 4.69) is 37.3 Å². The number of nitrogens with zero attached hydrogens (tertiary/aromatic N) is 1. The van der Waals surface area contributed by atoms with Gasteiger partial charge < -0.3 is 10.8 Å². The average molecular weight is 308 g/mol. The van der Waals surface area contributed by atoms with Crippen molar-refractivity contribution in [2.45, 2.75) is 39.2 Å². The highest BCUT2D eigenvalue weighted by atomic mass is 16.2. The Labute approximate surface area is 137 Å². The van der Waals surface area contributed by atoms with Crippen molar-refractivity contribution < 1.29 is 5.11 Å². The fourth-order valence-corrected chi connectivity index (χ4v) is 3.32. The molecule has 0 aliphatic carbocycles. The van der Waals surface area contributed by atoms with E-state index in [0.717, 1.165) is 36.7 Å². The van der Waals surface area contributed by atoms with Gasteiger partial charge in [-0.15, -0.1) is 0 Å². The minimum atomic E-state index is 0.274. The van der Waals surface area contributed by atoms with E-state index in [4.69, 9.17) is 15.8 Å². The number of para-hydroxylation sites is 1. The van der Waals surface area contributed by atoms with Gasteiger partial charge in [-0.05, 0) is 61.1 Å². The smallest absolute Gasteiger partial charge is 0.0715 e. The van der Waals surface area contributed by atoms with E-state index in [1.54, 1.807) is 0 Å². The summed E-state index contributed by atoms with van der Waals surface area (Å²) >= 11 is 0. The van der Waals surface area contributed by atoms with Crippen LogP contribution in [0.2, 0.25) is 0 Å². The third-order valence-corrected chi connectivity index (χ3v) is 4.61. The monoisotopic (exact) mass is 308 g/mol. The second kappa shape index (κ2) is 7.07. The third kappa shape index (κ3) is 3.21. The maximum atomic E-state index is 8.93. The lowest BCUT2D eigenvalue weighted by Gasteiger charge is -2.15. The molecule has 0 aliphatic heterocycles. The van der Waals surface area contributed by atoms with Gasteiger partial charge in [-0.25, -0.2) is 4.98 Å². The minimum absolute atomic E-state index is 0.274. The molecule has 23 heavy (non-hydrogen) atoms. The molecule has 0 aliphatic rings. The number of aromatic nitrogens is 1. The summed E-state index contributed by atoms with van der Waals surface area (Å²) in [4.78, 5) is 4.81. The quantitative estimate of drug-likeness (QED) is 0.537. The lowest BCUT2D eigenvalue weighted by atomic mass is 9.92. The minimum Gasteiger partial charge on any atom is -0.396 e. The summed E-state index contributed by atoms with van der Waals surface area (Å²) in [5.74, 6) is 0. The van der Waals surface area contributed by atoms with Crippen molar-refractivity contribution in [3.8, 4) is 0 Å². The Morgan fingerprint density at radius 1 is 1.04 bits per heavy atom. The maximum absolute atomic E-state index is 8.93. The van der Waals surface area contributed by atoms with Gasteiger partial charge in [-0.3, -0.25) is 0 Å². The number of aliphatic hydroxyl groups excluding tert-OH is 1. The molecule has 3 rings (SSSR count). The fraction of sp³-hybridized carbons (Fsp3) is 0.350. The highest BCUT2D eigenvalue weighted by molar-refractivity contribution is 5.95. The van der Waals surface area contributed by atoms with E-state index in [9.17, 15) is 0 Å². The Morgan fingerprint density at radius 3 is 2.65 bits per heavy atom. The zero-order chi connectivity index (χ0) is 16.2. The molecule has 0 spiro atoms. The topological polar surface area (TPSA) is 59.1 Å². The van der Waals surface area contributed by atoms with Crippen molar-refractivity contribution in [2.24, 2.45) is 5.73 Å². The van der Waals surface area contributed by atoms with E-state index < -0.39 is 0 Å². The average Bonchev–Trinajstić information content (AvgIpc) is 2.58. The molecule has 0 radical (unpaired) electrons. The van der Waals surface area contributed by atoms with E-state index in [-0.39, 0.29) is 6.61 Å². The molecule has 3 aromatic rings. The van der Waals surface area contributed by atoms with E-state index in [1.165, 1.54) is 27.5 Å². The third-order valence-electron chi connectivity index (χ3n) is 4.61. The summed E-state index contributed by atoms with van der Waals surface area (Å²) in [7, 11) is 0. The van der Waals surface area contributed by atoms with E-state index >= 15 is 0 Å². The van der Waals surface area contributed by atoms with Crippen molar-refractivity contribution in [3.05, 3.63) is 53.1 Å². The normalized spacial score (nSPS) is 11.4. The first-order valence-electron chi connectivity index (χ1n) is 8.36.